The number of hydrogen-bond acceptors (Lipinski definition) is 7. The second kappa shape index (κ2) is 7.72. The fourth-order valence-corrected chi connectivity index (χ4v) is 2.28. The highest BCUT2D eigenvalue weighted by Gasteiger charge is 2.24. The second-order valence-corrected chi connectivity index (χ2v) is 4.96. The van der Waals surface area contributed by atoms with E-state index in [2.05, 4.69) is 20.2 Å². The van der Waals surface area contributed by atoms with Gasteiger partial charge in [-0.2, -0.15) is 4.98 Å². The molecule has 0 atom stereocenters. The minimum Gasteiger partial charge on any atom is -0.471 e. The van der Waals surface area contributed by atoms with E-state index in [9.17, 15) is 10.1 Å². The largest absolute Gasteiger partial charge is 0.471 e. The van der Waals surface area contributed by atoms with Crippen molar-refractivity contribution >= 4 is 11.5 Å². The molecule has 1 N–H and O–H groups in total. The molecule has 116 valence electrons. The van der Waals surface area contributed by atoms with Crippen molar-refractivity contribution in [1.82, 2.24) is 14.9 Å². The number of hydrogen-bond donors (Lipinski definition) is 1. The van der Waals surface area contributed by atoms with E-state index in [1.54, 1.807) is 0 Å². The lowest BCUT2D eigenvalue weighted by molar-refractivity contribution is -0.385. The van der Waals surface area contributed by atoms with Crippen LogP contribution in [-0.4, -0.2) is 52.6 Å². The zero-order valence-corrected chi connectivity index (χ0v) is 12.2. The third-order valence-electron chi connectivity index (χ3n) is 3.36. The van der Waals surface area contributed by atoms with Crippen LogP contribution in [0.3, 0.4) is 0 Å². The van der Waals surface area contributed by atoms with Gasteiger partial charge in [0.05, 0.1) is 4.92 Å². The summed E-state index contributed by atoms with van der Waals surface area (Å²) in [5.41, 5.74) is -0.188. The lowest BCUT2D eigenvalue weighted by Crippen LogP contribution is -2.25. The molecule has 0 unspecified atom stereocenters. The van der Waals surface area contributed by atoms with Gasteiger partial charge in [0.2, 0.25) is 5.82 Å². The summed E-state index contributed by atoms with van der Waals surface area (Å²) in [4.78, 5) is 20.8. The van der Waals surface area contributed by atoms with Gasteiger partial charge in [-0.05, 0) is 32.4 Å². The first-order valence-corrected chi connectivity index (χ1v) is 7.30. The molecule has 1 aromatic rings. The Balaban J connectivity index is 2.01. The van der Waals surface area contributed by atoms with E-state index in [4.69, 9.17) is 4.74 Å². The van der Waals surface area contributed by atoms with E-state index < -0.39 is 4.92 Å². The molecule has 0 aromatic carbocycles. The van der Waals surface area contributed by atoms with Crippen molar-refractivity contribution in [1.29, 1.82) is 0 Å². The van der Waals surface area contributed by atoms with E-state index in [1.807, 2.05) is 6.92 Å². The van der Waals surface area contributed by atoms with Gasteiger partial charge in [-0.3, -0.25) is 15.0 Å². The quantitative estimate of drug-likeness (QED) is 0.576. The number of nitrogens with one attached hydrogen (secondary N) is 1. The number of anilines is 1. The summed E-state index contributed by atoms with van der Waals surface area (Å²) in [6, 6.07) is 0. The SMILES string of the molecule is CCCNc1ncnc(OCCN2CCCC2)c1[N+](=O)[O-]. The summed E-state index contributed by atoms with van der Waals surface area (Å²) in [6.07, 6.45) is 4.56. The van der Waals surface area contributed by atoms with E-state index in [-0.39, 0.29) is 17.4 Å². The molecule has 0 amide bonds. The van der Waals surface area contributed by atoms with Gasteiger partial charge >= 0.3 is 5.69 Å². The van der Waals surface area contributed by atoms with Gasteiger partial charge in [-0.25, -0.2) is 4.98 Å². The summed E-state index contributed by atoms with van der Waals surface area (Å²) >= 11 is 0. The molecule has 1 fully saturated rings. The predicted octanol–water partition coefficient (Wildman–Crippen LogP) is 1.68. The highest BCUT2D eigenvalue weighted by Crippen LogP contribution is 2.30. The zero-order chi connectivity index (χ0) is 15.1. The number of rotatable bonds is 8. The fraction of sp³-hybridized carbons (Fsp3) is 0.692. The number of likely N-dealkylation sites (tertiary alicyclic amines) is 1. The average Bonchev–Trinajstić information content (AvgIpc) is 2.98. The van der Waals surface area contributed by atoms with Crippen LogP contribution in [-0.2, 0) is 0 Å². The standard InChI is InChI=1S/C13H21N5O3/c1-2-5-14-12-11(18(19)20)13(16-10-15-12)21-9-8-17-6-3-4-7-17/h10H,2-9H2,1H3,(H,14,15,16). The third kappa shape index (κ3) is 4.25. The Kier molecular flexibility index (Phi) is 5.68. The Hall–Kier alpha value is -1.96. The molecule has 0 aliphatic carbocycles. The number of nitrogens with zero attached hydrogens (tertiary/aromatic N) is 4. The van der Waals surface area contributed by atoms with Crippen LogP contribution in [0.2, 0.25) is 0 Å². The molecule has 8 nitrogen and oxygen atoms in total. The van der Waals surface area contributed by atoms with E-state index in [0.29, 0.717) is 13.2 Å². The fourth-order valence-electron chi connectivity index (χ4n) is 2.28. The van der Waals surface area contributed by atoms with Crippen molar-refractivity contribution in [2.75, 3.05) is 38.1 Å². The van der Waals surface area contributed by atoms with Crippen molar-refractivity contribution in [2.24, 2.45) is 0 Å². The molecular weight excluding hydrogens is 274 g/mol. The molecule has 1 saturated heterocycles. The molecule has 1 aliphatic rings. The van der Waals surface area contributed by atoms with Crippen molar-refractivity contribution < 1.29 is 9.66 Å². The van der Waals surface area contributed by atoms with Crippen molar-refractivity contribution in [3.63, 3.8) is 0 Å². The maximum absolute atomic E-state index is 11.2. The average molecular weight is 295 g/mol. The summed E-state index contributed by atoms with van der Waals surface area (Å²) in [5, 5.41) is 14.2. The van der Waals surface area contributed by atoms with Crippen LogP contribution < -0.4 is 10.1 Å². The number of aromatic nitrogens is 2. The van der Waals surface area contributed by atoms with Crippen LogP contribution in [0.25, 0.3) is 0 Å². The molecule has 1 aromatic heterocycles. The van der Waals surface area contributed by atoms with Crippen LogP contribution in [0.15, 0.2) is 6.33 Å². The Bertz CT molecular complexity index is 477. The second-order valence-electron chi connectivity index (χ2n) is 4.96. The molecule has 2 heterocycles. The molecule has 8 heteroatoms. The van der Waals surface area contributed by atoms with Crippen LogP contribution in [0.4, 0.5) is 11.5 Å². The molecule has 21 heavy (non-hydrogen) atoms. The molecule has 2 rings (SSSR count). The molecule has 0 bridgehead atoms. The van der Waals surface area contributed by atoms with Gasteiger partial charge in [0.1, 0.15) is 12.9 Å². The van der Waals surface area contributed by atoms with Crippen LogP contribution in [0.1, 0.15) is 26.2 Å². The first-order valence-electron chi connectivity index (χ1n) is 7.30. The van der Waals surface area contributed by atoms with E-state index in [1.165, 1.54) is 19.2 Å². The highest BCUT2D eigenvalue weighted by molar-refractivity contribution is 5.61. The van der Waals surface area contributed by atoms with Gasteiger partial charge in [-0.15, -0.1) is 0 Å². The topological polar surface area (TPSA) is 93.4 Å². The van der Waals surface area contributed by atoms with Crippen LogP contribution in [0, 0.1) is 10.1 Å². The van der Waals surface area contributed by atoms with Gasteiger partial charge in [0.15, 0.2) is 0 Å². The molecule has 0 saturated carbocycles. The Morgan fingerprint density at radius 1 is 1.43 bits per heavy atom. The first kappa shape index (κ1) is 15.4. The molecular formula is C13H21N5O3. The van der Waals surface area contributed by atoms with Crippen molar-refractivity contribution in [3.8, 4) is 5.88 Å². The minimum atomic E-state index is -0.497. The van der Waals surface area contributed by atoms with Crippen LogP contribution in [0.5, 0.6) is 5.88 Å². The number of ether oxygens (including phenoxy) is 1. The smallest absolute Gasteiger partial charge is 0.372 e. The monoisotopic (exact) mass is 295 g/mol. The summed E-state index contributed by atoms with van der Waals surface area (Å²) in [7, 11) is 0. The summed E-state index contributed by atoms with van der Waals surface area (Å²) in [6.45, 7) is 5.89. The lowest BCUT2D eigenvalue weighted by Gasteiger charge is -2.14. The van der Waals surface area contributed by atoms with E-state index in [0.717, 1.165) is 26.1 Å². The van der Waals surface area contributed by atoms with Gasteiger partial charge in [-0.1, -0.05) is 6.92 Å². The Labute approximate surface area is 123 Å². The van der Waals surface area contributed by atoms with Gasteiger partial charge in [0, 0.05) is 13.1 Å². The predicted molar refractivity (Wildman–Crippen MR) is 78.6 cm³/mol. The first-order chi connectivity index (χ1) is 10.2. The maximum Gasteiger partial charge on any atom is 0.372 e. The zero-order valence-electron chi connectivity index (χ0n) is 12.2. The summed E-state index contributed by atoms with van der Waals surface area (Å²) in [5.74, 6) is 0.251. The van der Waals surface area contributed by atoms with E-state index >= 15 is 0 Å². The normalized spacial score (nSPS) is 15.1. The Morgan fingerprint density at radius 2 is 2.19 bits per heavy atom. The maximum atomic E-state index is 11.2. The highest BCUT2D eigenvalue weighted by atomic mass is 16.6. The molecule has 0 radical (unpaired) electrons. The van der Waals surface area contributed by atoms with Gasteiger partial charge < -0.3 is 10.1 Å². The van der Waals surface area contributed by atoms with Crippen molar-refractivity contribution in [3.05, 3.63) is 16.4 Å². The minimum absolute atomic E-state index is 0.0350. The van der Waals surface area contributed by atoms with Crippen molar-refractivity contribution in [2.45, 2.75) is 26.2 Å². The summed E-state index contributed by atoms with van der Waals surface area (Å²) < 4.78 is 5.51. The van der Waals surface area contributed by atoms with Crippen LogP contribution >= 0.6 is 0 Å². The Morgan fingerprint density at radius 3 is 2.86 bits per heavy atom. The lowest BCUT2D eigenvalue weighted by atomic mass is 10.4. The molecule has 1 aliphatic heterocycles. The van der Waals surface area contributed by atoms with Gasteiger partial charge in [0.25, 0.3) is 5.88 Å². The third-order valence-corrected chi connectivity index (χ3v) is 3.36. The molecule has 0 spiro atoms. The number of nitro groups is 1.